The lowest BCUT2D eigenvalue weighted by Gasteiger charge is -2.09. The van der Waals surface area contributed by atoms with E-state index in [1.54, 1.807) is 19.1 Å². The van der Waals surface area contributed by atoms with Gasteiger partial charge in [-0.15, -0.1) is 5.10 Å². The number of carbonyl (C=O) groups excluding carboxylic acids is 1. The molecule has 158 valence electrons. The summed E-state index contributed by atoms with van der Waals surface area (Å²) in [6, 6.07) is 13.3. The lowest BCUT2D eigenvalue weighted by atomic mass is 10.1. The van der Waals surface area contributed by atoms with Gasteiger partial charge in [0.1, 0.15) is 29.6 Å². The number of anilines is 1. The second kappa shape index (κ2) is 8.39. The summed E-state index contributed by atoms with van der Waals surface area (Å²) in [6.07, 6.45) is 0. The molecule has 0 aliphatic heterocycles. The van der Waals surface area contributed by atoms with Gasteiger partial charge in [0, 0.05) is 5.69 Å². The number of rotatable bonds is 6. The predicted molar refractivity (Wildman–Crippen MR) is 111 cm³/mol. The van der Waals surface area contributed by atoms with Crippen molar-refractivity contribution in [3.63, 3.8) is 0 Å². The maximum atomic E-state index is 14.2. The number of carbonyl (C=O) groups is 1. The number of benzene rings is 2. The monoisotopic (exact) mass is 421 g/mol. The van der Waals surface area contributed by atoms with Gasteiger partial charge in [0.15, 0.2) is 11.6 Å². The fraction of sp³-hybridized carbons (Fsp3) is 0.182. The summed E-state index contributed by atoms with van der Waals surface area (Å²) in [4.78, 5) is 12.6. The fourth-order valence-corrected chi connectivity index (χ4v) is 3.09. The zero-order chi connectivity index (χ0) is 22.0. The molecule has 8 nitrogen and oxygen atoms in total. The Kier molecular flexibility index (Phi) is 5.48. The molecule has 0 aliphatic carbocycles. The second-order valence-electron chi connectivity index (χ2n) is 7.08. The van der Waals surface area contributed by atoms with Crippen molar-refractivity contribution in [2.45, 2.75) is 27.4 Å². The number of tetrazole rings is 1. The lowest BCUT2D eigenvalue weighted by Crippen LogP contribution is -2.12. The maximum absolute atomic E-state index is 14.2. The van der Waals surface area contributed by atoms with E-state index in [-0.39, 0.29) is 18.1 Å². The van der Waals surface area contributed by atoms with Crippen LogP contribution in [0.4, 0.5) is 10.1 Å². The normalized spacial score (nSPS) is 10.8. The first-order valence-electron chi connectivity index (χ1n) is 9.56. The number of nitrogens with zero attached hydrogens (tertiary/aromatic N) is 4. The molecule has 0 spiro atoms. The molecule has 31 heavy (non-hydrogen) atoms. The van der Waals surface area contributed by atoms with E-state index in [4.69, 9.17) is 9.15 Å². The quantitative estimate of drug-likeness (QED) is 0.503. The van der Waals surface area contributed by atoms with Crippen molar-refractivity contribution in [2.24, 2.45) is 0 Å². The number of aromatic nitrogens is 4. The van der Waals surface area contributed by atoms with E-state index in [0.29, 0.717) is 17.3 Å². The van der Waals surface area contributed by atoms with E-state index in [0.717, 1.165) is 16.9 Å². The van der Waals surface area contributed by atoms with Gasteiger partial charge in [-0.05, 0) is 73.2 Å². The molecule has 0 saturated carbocycles. The van der Waals surface area contributed by atoms with E-state index in [9.17, 15) is 9.18 Å². The third kappa shape index (κ3) is 4.45. The summed E-state index contributed by atoms with van der Waals surface area (Å²) in [7, 11) is 0. The summed E-state index contributed by atoms with van der Waals surface area (Å²) < 4.78 is 26.8. The number of hydrogen-bond donors (Lipinski definition) is 1. The Bertz CT molecular complexity index is 1250. The third-order valence-electron chi connectivity index (χ3n) is 4.64. The zero-order valence-corrected chi connectivity index (χ0v) is 17.2. The Labute approximate surface area is 177 Å². The minimum atomic E-state index is -0.516. The summed E-state index contributed by atoms with van der Waals surface area (Å²) in [5.41, 5.74) is 2.68. The van der Waals surface area contributed by atoms with E-state index in [1.807, 2.05) is 32.0 Å². The maximum Gasteiger partial charge on any atom is 0.291 e. The van der Waals surface area contributed by atoms with Crippen molar-refractivity contribution < 1.29 is 18.3 Å². The number of nitrogens with one attached hydrogen (secondary N) is 1. The highest BCUT2D eigenvalue weighted by molar-refractivity contribution is 6.02. The van der Waals surface area contributed by atoms with Crippen LogP contribution in [0, 0.1) is 26.6 Å². The molecule has 2 heterocycles. The fourth-order valence-electron chi connectivity index (χ4n) is 3.09. The smallest absolute Gasteiger partial charge is 0.291 e. The minimum Gasteiger partial charge on any atom is -0.485 e. The van der Waals surface area contributed by atoms with Crippen LogP contribution in [0.2, 0.25) is 0 Å². The Morgan fingerprint density at radius 1 is 1.13 bits per heavy atom. The summed E-state index contributed by atoms with van der Waals surface area (Å²) in [6.45, 7) is 5.82. The van der Waals surface area contributed by atoms with Crippen molar-refractivity contribution in [2.75, 3.05) is 5.32 Å². The topological polar surface area (TPSA) is 95.1 Å². The SMILES string of the molecule is Cc1ccc(OCc2ccc(C(=O)Nc3ccc(F)c(-n4nnnc4C)c3)o2)c(C)c1. The van der Waals surface area contributed by atoms with Crippen LogP contribution in [-0.4, -0.2) is 26.1 Å². The lowest BCUT2D eigenvalue weighted by molar-refractivity contribution is 0.0992. The molecule has 0 atom stereocenters. The second-order valence-corrected chi connectivity index (χ2v) is 7.08. The zero-order valence-electron chi connectivity index (χ0n) is 17.2. The molecule has 0 saturated heterocycles. The molecule has 0 fully saturated rings. The average molecular weight is 421 g/mol. The molecule has 2 aromatic carbocycles. The van der Waals surface area contributed by atoms with Crippen molar-refractivity contribution in [1.82, 2.24) is 20.2 Å². The van der Waals surface area contributed by atoms with Crippen LogP contribution < -0.4 is 10.1 Å². The van der Waals surface area contributed by atoms with E-state index < -0.39 is 11.7 Å². The molecule has 1 amide bonds. The molecular weight excluding hydrogens is 401 g/mol. The van der Waals surface area contributed by atoms with Gasteiger partial charge in [-0.25, -0.2) is 4.39 Å². The van der Waals surface area contributed by atoms with E-state index in [2.05, 4.69) is 20.8 Å². The largest absolute Gasteiger partial charge is 0.485 e. The van der Waals surface area contributed by atoms with Gasteiger partial charge < -0.3 is 14.5 Å². The number of halogens is 1. The van der Waals surface area contributed by atoms with Gasteiger partial charge >= 0.3 is 0 Å². The van der Waals surface area contributed by atoms with Crippen LogP contribution in [0.1, 0.15) is 33.3 Å². The summed E-state index contributed by atoms with van der Waals surface area (Å²) >= 11 is 0. The number of aryl methyl sites for hydroxylation is 3. The van der Waals surface area contributed by atoms with Crippen LogP contribution >= 0.6 is 0 Å². The molecule has 0 bridgehead atoms. The minimum absolute atomic E-state index is 0.115. The number of hydrogen-bond acceptors (Lipinski definition) is 6. The first kappa shape index (κ1) is 20.3. The first-order valence-corrected chi connectivity index (χ1v) is 9.56. The first-order chi connectivity index (χ1) is 14.9. The molecule has 1 N–H and O–H groups in total. The van der Waals surface area contributed by atoms with Crippen molar-refractivity contribution in [3.05, 3.63) is 82.8 Å². The molecule has 0 aliphatic rings. The summed E-state index contributed by atoms with van der Waals surface area (Å²) in [5.74, 6) is 0.811. The Balaban J connectivity index is 1.44. The molecule has 9 heteroatoms. The molecule has 4 aromatic rings. The molecular formula is C22H20FN5O3. The van der Waals surface area contributed by atoms with Crippen molar-refractivity contribution in [1.29, 1.82) is 0 Å². The number of ether oxygens (including phenoxy) is 1. The predicted octanol–water partition coefficient (Wildman–Crippen LogP) is 4.15. The Morgan fingerprint density at radius 2 is 1.97 bits per heavy atom. The van der Waals surface area contributed by atoms with Gasteiger partial charge in [0.05, 0.1) is 0 Å². The Morgan fingerprint density at radius 3 is 2.71 bits per heavy atom. The molecule has 0 unspecified atom stereocenters. The average Bonchev–Trinajstić information content (AvgIpc) is 3.38. The van der Waals surface area contributed by atoms with Crippen LogP contribution in [0.3, 0.4) is 0 Å². The molecule has 4 rings (SSSR count). The van der Waals surface area contributed by atoms with Crippen molar-refractivity contribution >= 4 is 11.6 Å². The molecule has 0 radical (unpaired) electrons. The van der Waals surface area contributed by atoms with Gasteiger partial charge in [-0.2, -0.15) is 4.68 Å². The van der Waals surface area contributed by atoms with E-state index in [1.165, 1.54) is 22.9 Å². The van der Waals surface area contributed by atoms with Crippen molar-refractivity contribution in [3.8, 4) is 11.4 Å². The highest BCUT2D eigenvalue weighted by Gasteiger charge is 2.15. The Hall–Kier alpha value is -4.01. The van der Waals surface area contributed by atoms with Gasteiger partial charge in [-0.1, -0.05) is 17.7 Å². The van der Waals surface area contributed by atoms with Crippen LogP contribution in [0.5, 0.6) is 5.75 Å². The highest BCUT2D eigenvalue weighted by atomic mass is 19.1. The van der Waals surface area contributed by atoms with Gasteiger partial charge in [-0.3, -0.25) is 4.79 Å². The van der Waals surface area contributed by atoms with Gasteiger partial charge in [0.2, 0.25) is 0 Å². The number of amides is 1. The highest BCUT2D eigenvalue weighted by Crippen LogP contribution is 2.22. The van der Waals surface area contributed by atoms with Crippen LogP contribution in [0.25, 0.3) is 5.69 Å². The summed E-state index contributed by atoms with van der Waals surface area (Å²) in [5, 5.41) is 13.7. The van der Waals surface area contributed by atoms with Crippen LogP contribution in [0.15, 0.2) is 52.9 Å². The standard InChI is InChI=1S/C22H20FN5O3/c1-13-4-8-20(14(2)10-13)30-12-17-6-9-21(31-17)22(29)24-16-5-7-18(23)19(11-16)28-15(3)25-26-27-28/h4-11H,12H2,1-3H3,(H,24,29). The molecule has 2 aromatic heterocycles. The van der Waals surface area contributed by atoms with Gasteiger partial charge in [0.25, 0.3) is 5.91 Å². The third-order valence-corrected chi connectivity index (χ3v) is 4.64. The van der Waals surface area contributed by atoms with Crippen LogP contribution in [-0.2, 0) is 6.61 Å². The van der Waals surface area contributed by atoms with E-state index >= 15 is 0 Å². The number of furan rings is 1.